The molecule has 0 saturated heterocycles. The fourth-order valence-electron chi connectivity index (χ4n) is 1.50. The van der Waals surface area contributed by atoms with E-state index in [4.69, 9.17) is 9.15 Å². The summed E-state index contributed by atoms with van der Waals surface area (Å²) in [6.45, 7) is 1.41. The zero-order chi connectivity index (χ0) is 11.2. The lowest BCUT2D eigenvalue weighted by Gasteiger charge is -2.08. The van der Waals surface area contributed by atoms with Crippen molar-refractivity contribution in [2.45, 2.75) is 13.1 Å². The van der Waals surface area contributed by atoms with E-state index < -0.39 is 0 Å². The number of benzene rings is 1. The summed E-state index contributed by atoms with van der Waals surface area (Å²) < 4.78 is 10.4. The quantitative estimate of drug-likeness (QED) is 0.833. The van der Waals surface area contributed by atoms with Gasteiger partial charge in [-0.15, -0.1) is 0 Å². The van der Waals surface area contributed by atoms with Gasteiger partial charge >= 0.3 is 0 Å². The molecular formula is C12H14N2O2. The predicted molar refractivity (Wildman–Crippen MR) is 60.0 cm³/mol. The molecule has 1 aromatic heterocycles. The number of hydrogen-bond donors (Lipinski definition) is 1. The van der Waals surface area contributed by atoms with E-state index in [-0.39, 0.29) is 0 Å². The SMILES string of the molecule is COc1ccccc1CNCc1cnco1. The highest BCUT2D eigenvalue weighted by molar-refractivity contribution is 5.32. The van der Waals surface area contributed by atoms with Crippen LogP contribution >= 0.6 is 0 Å². The molecule has 0 atom stereocenters. The smallest absolute Gasteiger partial charge is 0.180 e. The largest absolute Gasteiger partial charge is 0.496 e. The third-order valence-electron chi connectivity index (χ3n) is 2.29. The van der Waals surface area contributed by atoms with Gasteiger partial charge < -0.3 is 14.5 Å². The van der Waals surface area contributed by atoms with E-state index in [1.165, 1.54) is 6.39 Å². The van der Waals surface area contributed by atoms with E-state index in [1.54, 1.807) is 13.3 Å². The first-order valence-corrected chi connectivity index (χ1v) is 5.10. The highest BCUT2D eigenvalue weighted by Crippen LogP contribution is 2.16. The molecule has 0 aliphatic rings. The fourth-order valence-corrected chi connectivity index (χ4v) is 1.50. The Hall–Kier alpha value is -1.81. The molecule has 0 unspecified atom stereocenters. The molecule has 4 heteroatoms. The van der Waals surface area contributed by atoms with Gasteiger partial charge in [0.15, 0.2) is 6.39 Å². The van der Waals surface area contributed by atoms with Gasteiger partial charge in [0.25, 0.3) is 0 Å². The maximum atomic E-state index is 5.26. The number of para-hydroxylation sites is 1. The average Bonchev–Trinajstić information content (AvgIpc) is 2.83. The lowest BCUT2D eigenvalue weighted by molar-refractivity contribution is 0.406. The van der Waals surface area contributed by atoms with Crippen LogP contribution in [0.2, 0.25) is 0 Å². The first-order valence-electron chi connectivity index (χ1n) is 5.10. The Morgan fingerprint density at radius 3 is 2.94 bits per heavy atom. The first-order chi connectivity index (χ1) is 7.90. The summed E-state index contributed by atoms with van der Waals surface area (Å²) >= 11 is 0. The molecule has 0 spiro atoms. The number of rotatable bonds is 5. The summed E-state index contributed by atoms with van der Waals surface area (Å²) in [5.41, 5.74) is 1.13. The molecular weight excluding hydrogens is 204 g/mol. The van der Waals surface area contributed by atoms with E-state index in [0.717, 1.165) is 23.6 Å². The number of nitrogens with one attached hydrogen (secondary N) is 1. The van der Waals surface area contributed by atoms with E-state index in [9.17, 15) is 0 Å². The molecule has 4 nitrogen and oxygen atoms in total. The number of aromatic nitrogens is 1. The van der Waals surface area contributed by atoms with Crippen LogP contribution in [0.4, 0.5) is 0 Å². The number of methoxy groups -OCH3 is 1. The second-order valence-electron chi connectivity index (χ2n) is 3.38. The Balaban J connectivity index is 1.89. The van der Waals surface area contributed by atoms with Crippen LogP contribution in [0.5, 0.6) is 5.75 Å². The summed E-state index contributed by atoms with van der Waals surface area (Å²) in [4.78, 5) is 3.85. The molecule has 0 bridgehead atoms. The predicted octanol–water partition coefficient (Wildman–Crippen LogP) is 1.97. The molecule has 0 radical (unpaired) electrons. The zero-order valence-corrected chi connectivity index (χ0v) is 9.14. The third kappa shape index (κ3) is 2.61. The van der Waals surface area contributed by atoms with E-state index >= 15 is 0 Å². The monoisotopic (exact) mass is 218 g/mol. The van der Waals surface area contributed by atoms with Crippen molar-refractivity contribution >= 4 is 0 Å². The van der Waals surface area contributed by atoms with E-state index in [2.05, 4.69) is 10.3 Å². The highest BCUT2D eigenvalue weighted by atomic mass is 16.5. The van der Waals surface area contributed by atoms with E-state index in [1.807, 2.05) is 24.3 Å². The molecule has 2 aromatic rings. The Morgan fingerprint density at radius 2 is 2.19 bits per heavy atom. The Morgan fingerprint density at radius 1 is 1.31 bits per heavy atom. The molecule has 0 fully saturated rings. The lowest BCUT2D eigenvalue weighted by Crippen LogP contribution is -2.12. The highest BCUT2D eigenvalue weighted by Gasteiger charge is 2.01. The Kier molecular flexibility index (Phi) is 3.56. The second kappa shape index (κ2) is 5.32. The van der Waals surface area contributed by atoms with Crippen LogP contribution in [0.1, 0.15) is 11.3 Å². The Bertz CT molecular complexity index is 426. The minimum absolute atomic E-state index is 0.665. The molecule has 84 valence electrons. The van der Waals surface area contributed by atoms with Gasteiger partial charge in [0.05, 0.1) is 19.9 Å². The van der Waals surface area contributed by atoms with Crippen molar-refractivity contribution < 1.29 is 9.15 Å². The number of oxazole rings is 1. The minimum atomic E-state index is 0.665. The molecule has 1 aromatic carbocycles. The van der Waals surface area contributed by atoms with Crippen LogP contribution in [0.25, 0.3) is 0 Å². The molecule has 16 heavy (non-hydrogen) atoms. The van der Waals surface area contributed by atoms with Crippen molar-refractivity contribution in [3.63, 3.8) is 0 Å². The number of hydrogen-bond acceptors (Lipinski definition) is 4. The molecule has 0 saturated carbocycles. The van der Waals surface area contributed by atoms with Crippen LogP contribution in [-0.2, 0) is 13.1 Å². The summed E-state index contributed by atoms with van der Waals surface area (Å²) in [7, 11) is 1.68. The van der Waals surface area contributed by atoms with Gasteiger partial charge in [-0.05, 0) is 6.07 Å². The molecule has 0 aliphatic heterocycles. The Labute approximate surface area is 94.3 Å². The average molecular weight is 218 g/mol. The lowest BCUT2D eigenvalue weighted by atomic mass is 10.2. The van der Waals surface area contributed by atoms with Crippen molar-refractivity contribution in [1.82, 2.24) is 10.3 Å². The van der Waals surface area contributed by atoms with Crippen molar-refractivity contribution in [3.05, 3.63) is 48.2 Å². The maximum Gasteiger partial charge on any atom is 0.180 e. The van der Waals surface area contributed by atoms with Crippen LogP contribution in [0.15, 0.2) is 41.3 Å². The van der Waals surface area contributed by atoms with Gasteiger partial charge in [0, 0.05) is 12.1 Å². The van der Waals surface area contributed by atoms with Crippen molar-refractivity contribution in [2.24, 2.45) is 0 Å². The topological polar surface area (TPSA) is 47.3 Å². The van der Waals surface area contributed by atoms with Gasteiger partial charge in [-0.25, -0.2) is 4.98 Å². The first kappa shape index (κ1) is 10.7. The van der Waals surface area contributed by atoms with Gasteiger partial charge in [-0.1, -0.05) is 18.2 Å². The van der Waals surface area contributed by atoms with Gasteiger partial charge in [-0.2, -0.15) is 0 Å². The van der Waals surface area contributed by atoms with Crippen LogP contribution in [-0.4, -0.2) is 12.1 Å². The van der Waals surface area contributed by atoms with Crippen molar-refractivity contribution in [2.75, 3.05) is 7.11 Å². The summed E-state index contributed by atoms with van der Waals surface area (Å²) in [6.07, 6.45) is 3.13. The van der Waals surface area contributed by atoms with Crippen molar-refractivity contribution in [1.29, 1.82) is 0 Å². The maximum absolute atomic E-state index is 5.26. The fraction of sp³-hybridized carbons (Fsp3) is 0.250. The third-order valence-corrected chi connectivity index (χ3v) is 2.29. The van der Waals surface area contributed by atoms with Crippen molar-refractivity contribution in [3.8, 4) is 5.75 Å². The standard InChI is InChI=1S/C12H14N2O2/c1-15-12-5-3-2-4-10(12)6-13-7-11-8-14-9-16-11/h2-5,8-9,13H,6-7H2,1H3. The summed E-state index contributed by atoms with van der Waals surface area (Å²) in [6, 6.07) is 7.93. The molecule has 1 heterocycles. The van der Waals surface area contributed by atoms with Crippen LogP contribution < -0.4 is 10.1 Å². The van der Waals surface area contributed by atoms with Gasteiger partial charge in [0.2, 0.25) is 0 Å². The summed E-state index contributed by atoms with van der Waals surface area (Å²) in [5.74, 6) is 1.72. The molecule has 1 N–H and O–H groups in total. The van der Waals surface area contributed by atoms with Crippen LogP contribution in [0, 0.1) is 0 Å². The van der Waals surface area contributed by atoms with Gasteiger partial charge in [0.1, 0.15) is 11.5 Å². The second-order valence-corrected chi connectivity index (χ2v) is 3.38. The summed E-state index contributed by atoms with van der Waals surface area (Å²) in [5, 5.41) is 3.27. The molecule has 0 amide bonds. The minimum Gasteiger partial charge on any atom is -0.496 e. The normalized spacial score (nSPS) is 10.3. The van der Waals surface area contributed by atoms with Crippen LogP contribution in [0.3, 0.4) is 0 Å². The molecule has 0 aliphatic carbocycles. The van der Waals surface area contributed by atoms with E-state index in [0.29, 0.717) is 6.54 Å². The number of nitrogens with zero attached hydrogens (tertiary/aromatic N) is 1. The molecule has 2 rings (SSSR count). The number of ether oxygens (including phenoxy) is 1. The zero-order valence-electron chi connectivity index (χ0n) is 9.14. The van der Waals surface area contributed by atoms with Gasteiger partial charge in [-0.3, -0.25) is 0 Å².